The number of carboxylic acids is 1. The Kier molecular flexibility index (Phi) is 3.31. The highest BCUT2D eigenvalue weighted by Gasteiger charge is 2.41. The Balaban J connectivity index is 1.66. The van der Waals surface area contributed by atoms with E-state index in [9.17, 15) is 4.79 Å². The molecule has 0 aromatic carbocycles. The van der Waals surface area contributed by atoms with E-state index in [2.05, 4.69) is 14.5 Å². The summed E-state index contributed by atoms with van der Waals surface area (Å²) in [6.45, 7) is 0.901. The molecule has 5 heteroatoms. The van der Waals surface area contributed by atoms with Crippen molar-refractivity contribution in [3.8, 4) is 0 Å². The number of aromatic nitrogens is 2. The van der Waals surface area contributed by atoms with Crippen molar-refractivity contribution < 1.29 is 9.90 Å². The number of aryl methyl sites for hydroxylation is 1. The molecule has 0 radical (unpaired) electrons. The second-order valence-corrected chi connectivity index (χ2v) is 5.95. The van der Waals surface area contributed by atoms with Crippen molar-refractivity contribution in [3.63, 3.8) is 0 Å². The molecule has 0 aliphatic carbocycles. The smallest absolute Gasteiger partial charge is 0.303 e. The molecule has 2 aliphatic rings. The van der Waals surface area contributed by atoms with Crippen molar-refractivity contribution >= 4 is 5.97 Å². The van der Waals surface area contributed by atoms with Crippen LogP contribution in [0.5, 0.6) is 0 Å². The maximum atomic E-state index is 10.9. The molecule has 1 aromatic heterocycles. The minimum atomic E-state index is -0.651. The Labute approximate surface area is 113 Å². The summed E-state index contributed by atoms with van der Waals surface area (Å²) in [4.78, 5) is 17.8. The van der Waals surface area contributed by atoms with Crippen LogP contribution >= 0.6 is 0 Å². The fourth-order valence-corrected chi connectivity index (χ4v) is 3.77. The number of rotatable bonds is 4. The first-order valence-electron chi connectivity index (χ1n) is 7.07. The van der Waals surface area contributed by atoms with Crippen LogP contribution in [0.4, 0.5) is 0 Å². The molecule has 104 valence electrons. The number of carboxylic acid groups (broad SMARTS) is 1. The van der Waals surface area contributed by atoms with E-state index in [1.165, 1.54) is 12.8 Å². The highest BCUT2D eigenvalue weighted by molar-refractivity contribution is 5.67. The van der Waals surface area contributed by atoms with Gasteiger partial charge in [-0.1, -0.05) is 0 Å². The van der Waals surface area contributed by atoms with E-state index in [1.807, 2.05) is 19.4 Å². The molecule has 0 amide bonds. The number of hydrogen-bond acceptors (Lipinski definition) is 3. The highest BCUT2D eigenvalue weighted by Crippen LogP contribution is 2.40. The Morgan fingerprint density at radius 3 is 2.63 bits per heavy atom. The van der Waals surface area contributed by atoms with Gasteiger partial charge in [0.15, 0.2) is 0 Å². The number of hydrogen-bond donors (Lipinski definition) is 1. The number of carbonyl (C=O) groups is 1. The minimum Gasteiger partial charge on any atom is -0.481 e. The van der Waals surface area contributed by atoms with Crippen molar-refractivity contribution in [1.29, 1.82) is 0 Å². The Bertz CT molecular complexity index is 457. The van der Waals surface area contributed by atoms with Gasteiger partial charge >= 0.3 is 5.97 Å². The molecule has 2 fully saturated rings. The highest BCUT2D eigenvalue weighted by atomic mass is 16.4. The van der Waals surface area contributed by atoms with Gasteiger partial charge in [-0.05, 0) is 31.6 Å². The second-order valence-electron chi connectivity index (χ2n) is 5.95. The lowest BCUT2D eigenvalue weighted by Gasteiger charge is -2.38. The molecule has 2 bridgehead atoms. The van der Waals surface area contributed by atoms with Crippen molar-refractivity contribution in [3.05, 3.63) is 18.2 Å². The molecule has 2 saturated heterocycles. The van der Waals surface area contributed by atoms with E-state index in [0.717, 1.165) is 25.2 Å². The molecular formula is C14H21N3O2. The van der Waals surface area contributed by atoms with Crippen molar-refractivity contribution in [1.82, 2.24) is 14.5 Å². The molecular weight excluding hydrogens is 242 g/mol. The third kappa shape index (κ3) is 2.52. The third-order valence-corrected chi connectivity index (χ3v) is 4.69. The Hall–Kier alpha value is -1.36. The predicted octanol–water partition coefficient (Wildman–Crippen LogP) is 1.64. The van der Waals surface area contributed by atoms with Gasteiger partial charge in [-0.2, -0.15) is 0 Å². The van der Waals surface area contributed by atoms with Crippen LogP contribution < -0.4 is 0 Å². The van der Waals surface area contributed by atoms with Crippen LogP contribution in [-0.2, 0) is 18.4 Å². The van der Waals surface area contributed by atoms with Crippen LogP contribution in [-0.4, -0.2) is 37.6 Å². The lowest BCUT2D eigenvalue weighted by Crippen LogP contribution is -2.43. The summed E-state index contributed by atoms with van der Waals surface area (Å²) in [6, 6.07) is 1.11. The van der Waals surface area contributed by atoms with E-state index in [-0.39, 0.29) is 0 Å². The SMILES string of the molecule is Cn1ccnc1CN1C2CCC1CC(CC(=O)O)C2. The first-order valence-corrected chi connectivity index (χ1v) is 7.07. The molecule has 19 heavy (non-hydrogen) atoms. The van der Waals surface area contributed by atoms with Gasteiger partial charge in [-0.3, -0.25) is 9.69 Å². The van der Waals surface area contributed by atoms with Crippen LogP contribution in [0, 0.1) is 5.92 Å². The van der Waals surface area contributed by atoms with E-state index in [1.54, 1.807) is 0 Å². The molecule has 0 saturated carbocycles. The minimum absolute atomic E-state index is 0.337. The number of piperidine rings is 1. The second kappa shape index (κ2) is 4.96. The van der Waals surface area contributed by atoms with Gasteiger partial charge in [0, 0.05) is 37.9 Å². The normalized spacial score (nSPS) is 30.7. The van der Waals surface area contributed by atoms with Gasteiger partial charge in [0.2, 0.25) is 0 Å². The summed E-state index contributed by atoms with van der Waals surface area (Å²) in [5.74, 6) is 0.822. The average Bonchev–Trinajstić information content (AvgIpc) is 2.83. The van der Waals surface area contributed by atoms with Gasteiger partial charge < -0.3 is 9.67 Å². The van der Waals surface area contributed by atoms with Crippen LogP contribution in [0.15, 0.2) is 12.4 Å². The fraction of sp³-hybridized carbons (Fsp3) is 0.714. The molecule has 3 rings (SSSR count). The Morgan fingerprint density at radius 2 is 2.11 bits per heavy atom. The van der Waals surface area contributed by atoms with Crippen LogP contribution in [0.1, 0.15) is 37.9 Å². The topological polar surface area (TPSA) is 58.4 Å². The Morgan fingerprint density at radius 1 is 1.42 bits per heavy atom. The van der Waals surface area contributed by atoms with Crippen LogP contribution in [0.2, 0.25) is 0 Å². The molecule has 0 spiro atoms. The summed E-state index contributed by atoms with van der Waals surface area (Å²) in [6.07, 6.45) is 8.66. The molecule has 2 aliphatic heterocycles. The van der Waals surface area contributed by atoms with Crippen LogP contribution in [0.3, 0.4) is 0 Å². The predicted molar refractivity (Wildman–Crippen MR) is 70.5 cm³/mol. The van der Waals surface area contributed by atoms with Gasteiger partial charge in [0.25, 0.3) is 0 Å². The summed E-state index contributed by atoms with van der Waals surface area (Å²) in [5.41, 5.74) is 0. The zero-order chi connectivity index (χ0) is 13.4. The van der Waals surface area contributed by atoms with Gasteiger partial charge in [-0.25, -0.2) is 4.98 Å². The largest absolute Gasteiger partial charge is 0.481 e. The van der Waals surface area contributed by atoms with E-state index >= 15 is 0 Å². The zero-order valence-electron chi connectivity index (χ0n) is 11.3. The van der Waals surface area contributed by atoms with Crippen molar-refractivity contribution in [2.45, 2.75) is 50.7 Å². The average molecular weight is 263 g/mol. The molecule has 2 atom stereocenters. The molecule has 2 unspecified atom stereocenters. The van der Waals surface area contributed by atoms with E-state index in [4.69, 9.17) is 5.11 Å². The molecule has 3 heterocycles. The lowest BCUT2D eigenvalue weighted by atomic mass is 9.88. The summed E-state index contributed by atoms with van der Waals surface area (Å²) in [5, 5.41) is 8.94. The third-order valence-electron chi connectivity index (χ3n) is 4.69. The molecule has 5 nitrogen and oxygen atoms in total. The quantitative estimate of drug-likeness (QED) is 0.897. The molecule has 1 aromatic rings. The number of aliphatic carboxylic acids is 1. The van der Waals surface area contributed by atoms with Gasteiger partial charge in [0.05, 0.1) is 6.54 Å². The molecule has 1 N–H and O–H groups in total. The maximum Gasteiger partial charge on any atom is 0.303 e. The van der Waals surface area contributed by atoms with Crippen LogP contribution in [0.25, 0.3) is 0 Å². The monoisotopic (exact) mass is 263 g/mol. The van der Waals surface area contributed by atoms with Gasteiger partial charge in [0.1, 0.15) is 5.82 Å². The standard InChI is InChI=1S/C14H21N3O2/c1-16-5-4-15-13(16)9-17-11-2-3-12(17)7-10(6-11)8-14(18)19/h4-5,10-12H,2-3,6-9H2,1H3,(H,18,19). The first kappa shape index (κ1) is 12.7. The van der Waals surface area contributed by atoms with Crippen molar-refractivity contribution in [2.24, 2.45) is 13.0 Å². The van der Waals surface area contributed by atoms with Gasteiger partial charge in [-0.15, -0.1) is 0 Å². The van der Waals surface area contributed by atoms with E-state index in [0.29, 0.717) is 24.4 Å². The number of fused-ring (bicyclic) bond motifs is 2. The summed E-state index contributed by atoms with van der Waals surface area (Å²) >= 11 is 0. The summed E-state index contributed by atoms with van der Waals surface area (Å²) < 4.78 is 2.07. The van der Waals surface area contributed by atoms with E-state index < -0.39 is 5.97 Å². The first-order chi connectivity index (χ1) is 9.13. The fourth-order valence-electron chi connectivity index (χ4n) is 3.77. The van der Waals surface area contributed by atoms with Crippen molar-refractivity contribution in [2.75, 3.05) is 0 Å². The maximum absolute atomic E-state index is 10.9. The number of nitrogens with zero attached hydrogens (tertiary/aromatic N) is 3. The lowest BCUT2D eigenvalue weighted by molar-refractivity contribution is -0.138. The zero-order valence-corrected chi connectivity index (χ0v) is 11.3. The summed E-state index contributed by atoms with van der Waals surface area (Å²) in [7, 11) is 2.03. The number of imidazole rings is 1.